The zero-order valence-corrected chi connectivity index (χ0v) is 20.7. The summed E-state index contributed by atoms with van der Waals surface area (Å²) >= 11 is 1.35. The first kappa shape index (κ1) is 23.4. The molecule has 0 spiro atoms. The zero-order chi connectivity index (χ0) is 25.1. The average Bonchev–Trinajstić information content (AvgIpc) is 3.51. The molecular weight excluding hydrogens is 479 g/mol. The third kappa shape index (κ3) is 4.36. The van der Waals surface area contributed by atoms with Gasteiger partial charge < -0.3 is 19.2 Å². The van der Waals surface area contributed by atoms with Crippen LogP contribution in [0.2, 0.25) is 0 Å². The fraction of sp³-hybridized carbons (Fsp3) is 0.111. The van der Waals surface area contributed by atoms with Crippen LogP contribution in [0.15, 0.2) is 82.3 Å². The molecule has 5 rings (SSSR count). The number of methoxy groups -OCH3 is 3. The summed E-state index contributed by atoms with van der Waals surface area (Å²) in [6.45, 7) is 0. The Balaban J connectivity index is 1.71. The Morgan fingerprint density at radius 2 is 1.67 bits per heavy atom. The van der Waals surface area contributed by atoms with Gasteiger partial charge in [0.1, 0.15) is 11.5 Å². The molecule has 0 aliphatic carbocycles. The van der Waals surface area contributed by atoms with Crippen molar-refractivity contribution in [3.8, 4) is 28.5 Å². The number of rotatable bonds is 7. The Morgan fingerprint density at radius 1 is 0.944 bits per heavy atom. The smallest absolute Gasteiger partial charge is 0.211 e. The minimum atomic E-state index is -0.410. The number of H-pyrrole nitrogens is 1. The third-order valence-electron chi connectivity index (χ3n) is 5.65. The summed E-state index contributed by atoms with van der Waals surface area (Å²) in [5, 5.41) is 7.72. The van der Waals surface area contributed by atoms with E-state index in [1.807, 2.05) is 48.0 Å². The molecule has 0 radical (unpaired) electrons. The second-order valence-corrected chi connectivity index (χ2v) is 8.56. The van der Waals surface area contributed by atoms with E-state index in [1.54, 1.807) is 50.4 Å². The molecule has 0 saturated heterocycles. The fourth-order valence-corrected chi connectivity index (χ4v) is 4.73. The predicted octanol–water partition coefficient (Wildman–Crippen LogP) is 5.98. The van der Waals surface area contributed by atoms with Gasteiger partial charge in [0.25, 0.3) is 0 Å². The number of para-hydroxylation sites is 2. The van der Waals surface area contributed by atoms with Crippen molar-refractivity contribution in [2.24, 2.45) is 10.1 Å². The largest absolute Gasteiger partial charge is 0.493 e. The van der Waals surface area contributed by atoms with Crippen molar-refractivity contribution < 1.29 is 18.6 Å². The zero-order valence-electron chi connectivity index (χ0n) is 19.9. The Bertz CT molecular complexity index is 1610. The maximum absolute atomic E-state index is 14.4. The molecule has 0 bridgehead atoms. The van der Waals surface area contributed by atoms with Gasteiger partial charge in [-0.15, -0.1) is 11.3 Å². The SMILES string of the molecule is COc1cc(-c2csc(=Nc3ccccc3F)n2N=Cc2c[nH]c3ccccc23)cc(OC)c1OC. The number of benzene rings is 3. The quantitative estimate of drug-likeness (QED) is 0.278. The van der Waals surface area contributed by atoms with Crippen LogP contribution >= 0.6 is 11.3 Å². The minimum Gasteiger partial charge on any atom is -0.493 e. The summed E-state index contributed by atoms with van der Waals surface area (Å²) in [4.78, 5) is 8.32. The monoisotopic (exact) mass is 502 g/mol. The van der Waals surface area contributed by atoms with Crippen LogP contribution in [0.3, 0.4) is 0 Å². The second kappa shape index (κ2) is 10.1. The van der Waals surface area contributed by atoms with Gasteiger partial charge in [-0.3, -0.25) is 0 Å². The van der Waals surface area contributed by atoms with E-state index in [0.29, 0.717) is 22.0 Å². The lowest BCUT2D eigenvalue weighted by atomic mass is 10.1. The Kier molecular flexibility index (Phi) is 6.55. The predicted molar refractivity (Wildman–Crippen MR) is 140 cm³/mol. The lowest BCUT2D eigenvalue weighted by Gasteiger charge is -2.14. The number of nitrogens with zero attached hydrogens (tertiary/aromatic N) is 3. The van der Waals surface area contributed by atoms with Gasteiger partial charge in [0.05, 0.1) is 33.2 Å². The van der Waals surface area contributed by atoms with E-state index in [2.05, 4.69) is 9.98 Å². The van der Waals surface area contributed by atoms with Crippen LogP contribution in [0, 0.1) is 5.82 Å². The highest BCUT2D eigenvalue weighted by Gasteiger charge is 2.17. The van der Waals surface area contributed by atoms with Gasteiger partial charge in [0.15, 0.2) is 11.5 Å². The third-order valence-corrected chi connectivity index (χ3v) is 6.46. The molecule has 1 N–H and O–H groups in total. The topological polar surface area (TPSA) is 73.1 Å². The number of fused-ring (bicyclic) bond motifs is 1. The number of nitrogens with one attached hydrogen (secondary N) is 1. The van der Waals surface area contributed by atoms with Gasteiger partial charge in [-0.1, -0.05) is 30.3 Å². The molecular formula is C27H23FN4O3S. The number of halogens is 1. The van der Waals surface area contributed by atoms with E-state index < -0.39 is 5.82 Å². The van der Waals surface area contributed by atoms with Crippen LogP contribution in [-0.2, 0) is 0 Å². The second-order valence-electron chi connectivity index (χ2n) is 7.73. The van der Waals surface area contributed by atoms with Crippen molar-refractivity contribution in [3.63, 3.8) is 0 Å². The molecule has 0 saturated carbocycles. The van der Waals surface area contributed by atoms with E-state index in [0.717, 1.165) is 27.7 Å². The number of aromatic nitrogens is 2. The average molecular weight is 503 g/mol. The van der Waals surface area contributed by atoms with Crippen LogP contribution in [0.1, 0.15) is 5.56 Å². The van der Waals surface area contributed by atoms with Gasteiger partial charge in [-0.25, -0.2) is 14.1 Å². The molecule has 0 fully saturated rings. The van der Waals surface area contributed by atoms with Gasteiger partial charge in [-0.2, -0.15) is 5.10 Å². The summed E-state index contributed by atoms with van der Waals surface area (Å²) in [6, 6.07) is 18.0. The molecule has 9 heteroatoms. The maximum atomic E-state index is 14.4. The van der Waals surface area contributed by atoms with E-state index in [4.69, 9.17) is 19.3 Å². The number of aromatic amines is 1. The Labute approximate surface area is 210 Å². The first-order chi connectivity index (χ1) is 17.6. The normalized spacial score (nSPS) is 11.9. The molecule has 0 atom stereocenters. The molecule has 5 aromatic rings. The summed E-state index contributed by atoms with van der Waals surface area (Å²) in [6.07, 6.45) is 3.65. The van der Waals surface area contributed by atoms with E-state index in [9.17, 15) is 4.39 Å². The van der Waals surface area contributed by atoms with Crippen LogP contribution in [0.25, 0.3) is 22.2 Å². The molecule has 0 unspecified atom stereocenters. The van der Waals surface area contributed by atoms with Crippen LogP contribution in [-0.4, -0.2) is 37.2 Å². The van der Waals surface area contributed by atoms with Crippen molar-refractivity contribution in [1.29, 1.82) is 0 Å². The van der Waals surface area contributed by atoms with Crippen LogP contribution in [0.5, 0.6) is 17.2 Å². The molecule has 0 aliphatic heterocycles. The molecule has 7 nitrogen and oxygen atoms in total. The Hall–Kier alpha value is -4.37. The molecule has 2 heterocycles. The van der Waals surface area contributed by atoms with Crippen molar-refractivity contribution in [1.82, 2.24) is 9.66 Å². The number of ether oxygens (including phenoxy) is 3. The van der Waals surface area contributed by atoms with Crippen molar-refractivity contribution in [3.05, 3.63) is 88.4 Å². The lowest BCUT2D eigenvalue weighted by Crippen LogP contribution is -2.12. The molecule has 0 aliphatic rings. The van der Waals surface area contributed by atoms with Gasteiger partial charge in [0.2, 0.25) is 10.6 Å². The van der Waals surface area contributed by atoms with Crippen LogP contribution < -0.4 is 19.0 Å². The minimum absolute atomic E-state index is 0.229. The summed E-state index contributed by atoms with van der Waals surface area (Å²) in [7, 11) is 4.69. The molecule has 2 aromatic heterocycles. The molecule has 182 valence electrons. The van der Waals surface area contributed by atoms with Crippen LogP contribution in [0.4, 0.5) is 10.1 Å². The van der Waals surface area contributed by atoms with E-state index in [1.165, 1.54) is 17.4 Å². The van der Waals surface area contributed by atoms with Crippen molar-refractivity contribution in [2.45, 2.75) is 0 Å². The highest BCUT2D eigenvalue weighted by Crippen LogP contribution is 2.41. The van der Waals surface area contributed by atoms with E-state index in [-0.39, 0.29) is 5.69 Å². The maximum Gasteiger partial charge on any atom is 0.211 e. The van der Waals surface area contributed by atoms with Crippen molar-refractivity contribution in [2.75, 3.05) is 21.3 Å². The molecule has 3 aromatic carbocycles. The number of hydrogen-bond acceptors (Lipinski definition) is 6. The number of hydrogen-bond donors (Lipinski definition) is 1. The Morgan fingerprint density at radius 3 is 2.39 bits per heavy atom. The number of thiazole rings is 1. The molecule has 0 amide bonds. The highest BCUT2D eigenvalue weighted by molar-refractivity contribution is 7.07. The first-order valence-electron chi connectivity index (χ1n) is 11.0. The van der Waals surface area contributed by atoms with Gasteiger partial charge in [0, 0.05) is 33.6 Å². The highest BCUT2D eigenvalue weighted by atomic mass is 32.1. The summed E-state index contributed by atoms with van der Waals surface area (Å²) in [5.74, 6) is 1.10. The van der Waals surface area contributed by atoms with E-state index >= 15 is 0 Å². The standard InChI is InChI=1S/C27H23FN4O3S/c1-33-24-12-17(13-25(34-2)26(24)35-3)23-16-36-27(31-22-11-7-5-9-20(22)28)32(23)30-15-18-14-29-21-10-6-4-8-19(18)21/h4-16,29H,1-3H3. The first-order valence-corrected chi connectivity index (χ1v) is 11.9. The van der Waals surface area contributed by atoms with Gasteiger partial charge in [-0.05, 0) is 30.3 Å². The summed E-state index contributed by atoms with van der Waals surface area (Å²) < 4.78 is 32.6. The summed E-state index contributed by atoms with van der Waals surface area (Å²) in [5.41, 5.74) is 3.65. The lowest BCUT2D eigenvalue weighted by molar-refractivity contribution is 0.324. The molecule has 36 heavy (non-hydrogen) atoms. The van der Waals surface area contributed by atoms with Crippen molar-refractivity contribution >= 4 is 34.1 Å². The van der Waals surface area contributed by atoms with Gasteiger partial charge >= 0.3 is 0 Å². The fourth-order valence-electron chi connectivity index (χ4n) is 3.88.